The molecule has 0 saturated heterocycles. The second kappa shape index (κ2) is 13.2. The molecule has 4 aromatic rings. The first-order valence-corrected chi connectivity index (χ1v) is 14.6. The summed E-state index contributed by atoms with van der Waals surface area (Å²) in [6.45, 7) is 0. The highest BCUT2D eigenvalue weighted by Crippen LogP contribution is 2.43. The number of anilines is 2. The molecule has 0 aromatic carbocycles. The van der Waals surface area contributed by atoms with Gasteiger partial charge in [0.25, 0.3) is 0 Å². The fourth-order valence-electron chi connectivity index (χ4n) is 4.56. The van der Waals surface area contributed by atoms with Crippen LogP contribution in [0.1, 0.15) is 70.0 Å². The van der Waals surface area contributed by atoms with Gasteiger partial charge in [-0.05, 0) is 37.5 Å². The third kappa shape index (κ3) is 7.59. The minimum absolute atomic E-state index is 0.0824. The van der Waals surface area contributed by atoms with Crippen molar-refractivity contribution >= 4 is 51.0 Å². The number of carbonyl (C=O) groups is 2. The first kappa shape index (κ1) is 28.1. The van der Waals surface area contributed by atoms with E-state index >= 15 is 0 Å². The molecule has 1 fully saturated rings. The second-order valence-corrected chi connectivity index (χ2v) is 11.5. The minimum Gasteiger partial charge on any atom is -0.300 e. The lowest BCUT2D eigenvalue weighted by Gasteiger charge is -2.25. The Morgan fingerprint density at radius 3 is 2.00 bits per heavy atom. The molecule has 1 saturated carbocycles. The van der Waals surface area contributed by atoms with E-state index in [0.29, 0.717) is 27.2 Å². The van der Waals surface area contributed by atoms with Crippen LogP contribution in [0.3, 0.4) is 0 Å². The summed E-state index contributed by atoms with van der Waals surface area (Å²) in [6, 6.07) is 8.98. The van der Waals surface area contributed by atoms with Crippen molar-refractivity contribution in [2.45, 2.75) is 50.4 Å². The largest absolute Gasteiger partial charge is 0.300 e. The molecule has 4 heterocycles. The molecule has 14 heteroatoms. The molecule has 1 aliphatic carbocycles. The molecule has 2 amide bonds. The first-order valence-electron chi connectivity index (χ1n) is 13.0. The van der Waals surface area contributed by atoms with E-state index < -0.39 is 0 Å². The van der Waals surface area contributed by atoms with Crippen LogP contribution in [0.2, 0.25) is 0 Å². The predicted octanol–water partition coefficient (Wildman–Crippen LogP) is 3.90. The molecule has 0 radical (unpaired) electrons. The lowest BCUT2D eigenvalue weighted by Crippen LogP contribution is -2.15. The molecule has 41 heavy (non-hydrogen) atoms. The van der Waals surface area contributed by atoms with Gasteiger partial charge in [-0.25, -0.2) is 0 Å². The molecule has 4 aromatic heterocycles. The van der Waals surface area contributed by atoms with Gasteiger partial charge < -0.3 is 10.6 Å². The summed E-state index contributed by atoms with van der Waals surface area (Å²) in [5.41, 5.74) is 2.56. The van der Waals surface area contributed by atoms with E-state index in [9.17, 15) is 9.59 Å². The maximum absolute atomic E-state index is 12.5. The summed E-state index contributed by atoms with van der Waals surface area (Å²) in [7, 11) is 1.69. The zero-order valence-corrected chi connectivity index (χ0v) is 23.8. The minimum atomic E-state index is -0.242. The fourth-order valence-corrected chi connectivity index (χ4v) is 6.37. The highest BCUT2D eigenvalue weighted by Gasteiger charge is 2.29. The highest BCUT2D eigenvalue weighted by molar-refractivity contribution is 7.15. The third-order valence-electron chi connectivity index (χ3n) is 6.51. The van der Waals surface area contributed by atoms with Crippen LogP contribution in [0, 0.1) is 11.3 Å². The summed E-state index contributed by atoms with van der Waals surface area (Å²) >= 11 is 2.78. The van der Waals surface area contributed by atoms with Gasteiger partial charge in [-0.15, -0.1) is 20.4 Å². The maximum Gasteiger partial charge on any atom is 0.232 e. The fraction of sp³-hybridized carbons (Fsp3) is 0.333. The molecule has 2 N–H and O–H groups in total. The number of hydrogen-bond acceptors (Lipinski definition) is 12. The molecule has 1 aliphatic rings. The van der Waals surface area contributed by atoms with Crippen molar-refractivity contribution in [3.8, 4) is 6.07 Å². The van der Waals surface area contributed by atoms with Gasteiger partial charge >= 0.3 is 0 Å². The smallest absolute Gasteiger partial charge is 0.232 e. The molecule has 0 aliphatic heterocycles. The number of hydrogen-bond donors (Lipinski definition) is 2. The van der Waals surface area contributed by atoms with Crippen molar-refractivity contribution < 1.29 is 9.59 Å². The zero-order valence-electron chi connectivity index (χ0n) is 22.1. The summed E-state index contributed by atoms with van der Waals surface area (Å²) < 4.78 is 0. The van der Waals surface area contributed by atoms with Crippen molar-refractivity contribution in [1.29, 1.82) is 5.26 Å². The van der Waals surface area contributed by atoms with Gasteiger partial charge in [0.2, 0.25) is 22.1 Å². The standard InChI is InChI=1S/C27H26N10O2S2/c1-29-13-17-6-8-21(31-15-17)11-23(39)33-27-37-35-25(41-27)19-4-2-3-18(9-19)24-34-36-26(40-24)32-22(38)10-20-7-5-16(12-28)14-30-20/h5-8,13-15,18-19H,2-4,9-11H2,1H3,(H,32,36,38)(H,33,37,39)/t18-,19-/m0/s1. The van der Waals surface area contributed by atoms with Gasteiger partial charge in [0.1, 0.15) is 16.1 Å². The number of rotatable bonds is 9. The van der Waals surface area contributed by atoms with Crippen molar-refractivity contribution in [2.24, 2.45) is 4.99 Å². The molecule has 2 atom stereocenters. The van der Waals surface area contributed by atoms with Gasteiger partial charge in [0.05, 0.1) is 18.4 Å². The number of aromatic nitrogens is 6. The Kier molecular flexibility index (Phi) is 9.07. The Bertz CT molecular complexity index is 1570. The summed E-state index contributed by atoms with van der Waals surface area (Å²) in [6.07, 6.45) is 8.87. The number of aliphatic imine (C=N–C) groups is 1. The topological polar surface area (TPSA) is 172 Å². The molecule has 0 bridgehead atoms. The number of amides is 2. The van der Waals surface area contributed by atoms with Crippen LogP contribution < -0.4 is 10.6 Å². The van der Waals surface area contributed by atoms with Gasteiger partial charge in [-0.3, -0.25) is 24.5 Å². The van der Waals surface area contributed by atoms with E-state index in [1.54, 1.807) is 37.7 Å². The van der Waals surface area contributed by atoms with Crippen LogP contribution in [0.5, 0.6) is 0 Å². The Hall–Kier alpha value is -4.48. The van der Waals surface area contributed by atoms with Crippen LogP contribution in [0.25, 0.3) is 0 Å². The second-order valence-electron chi connectivity index (χ2n) is 9.52. The highest BCUT2D eigenvalue weighted by atomic mass is 32.1. The summed E-state index contributed by atoms with van der Waals surface area (Å²) in [5, 5.41) is 34.3. The first-order chi connectivity index (χ1) is 20.0. The Morgan fingerprint density at radius 2 is 1.51 bits per heavy atom. The SMILES string of the molecule is CN=Cc1ccc(CC(=O)Nc2nnc([C@H]3CCC[C@H](c4nnc(NC(=O)Cc5ccc(C#N)cn5)s4)C3)s2)nc1. The number of nitrogens with zero attached hydrogens (tertiary/aromatic N) is 8. The Morgan fingerprint density at radius 1 is 0.927 bits per heavy atom. The Labute approximate surface area is 244 Å². The lowest BCUT2D eigenvalue weighted by molar-refractivity contribution is -0.116. The average molecular weight is 587 g/mol. The van der Waals surface area contributed by atoms with Gasteiger partial charge in [-0.2, -0.15) is 5.26 Å². The number of pyridine rings is 2. The Balaban J connectivity index is 1.13. The van der Waals surface area contributed by atoms with E-state index in [2.05, 4.69) is 46.0 Å². The van der Waals surface area contributed by atoms with Crippen molar-refractivity contribution in [2.75, 3.05) is 17.7 Å². The van der Waals surface area contributed by atoms with E-state index in [4.69, 9.17) is 5.26 Å². The van der Waals surface area contributed by atoms with E-state index in [-0.39, 0.29) is 36.5 Å². The maximum atomic E-state index is 12.5. The van der Waals surface area contributed by atoms with E-state index in [1.165, 1.54) is 28.9 Å². The van der Waals surface area contributed by atoms with Crippen LogP contribution >= 0.6 is 22.7 Å². The third-order valence-corrected chi connectivity index (χ3v) is 8.51. The summed E-state index contributed by atoms with van der Waals surface area (Å²) in [5.74, 6) is -0.0350. The monoisotopic (exact) mass is 586 g/mol. The molecular weight excluding hydrogens is 560 g/mol. The molecule has 5 rings (SSSR count). The zero-order chi connectivity index (χ0) is 28.6. The van der Waals surface area contributed by atoms with Crippen LogP contribution in [-0.2, 0) is 22.4 Å². The quantitative estimate of drug-likeness (QED) is 0.276. The molecule has 0 spiro atoms. The number of nitrogens with one attached hydrogen (secondary N) is 2. The molecular formula is C27H26N10O2S2. The van der Waals surface area contributed by atoms with Crippen molar-refractivity contribution in [3.63, 3.8) is 0 Å². The van der Waals surface area contributed by atoms with E-state index in [1.807, 2.05) is 12.1 Å². The average Bonchev–Trinajstić information content (AvgIpc) is 3.65. The van der Waals surface area contributed by atoms with Gasteiger partial charge in [0, 0.05) is 54.4 Å². The number of carbonyl (C=O) groups excluding carboxylic acids is 2. The van der Waals surface area contributed by atoms with Crippen LogP contribution in [0.15, 0.2) is 41.7 Å². The van der Waals surface area contributed by atoms with Crippen LogP contribution in [0.4, 0.5) is 10.3 Å². The number of nitriles is 1. The van der Waals surface area contributed by atoms with E-state index in [0.717, 1.165) is 41.3 Å². The molecule has 12 nitrogen and oxygen atoms in total. The lowest BCUT2D eigenvalue weighted by atomic mass is 9.82. The van der Waals surface area contributed by atoms with Crippen LogP contribution in [-0.4, -0.2) is 55.4 Å². The van der Waals surface area contributed by atoms with Crippen molar-refractivity contribution in [3.05, 3.63) is 69.2 Å². The van der Waals surface area contributed by atoms with Crippen molar-refractivity contribution in [1.82, 2.24) is 30.4 Å². The summed E-state index contributed by atoms with van der Waals surface area (Å²) in [4.78, 5) is 37.4. The van der Waals surface area contributed by atoms with Gasteiger partial charge in [-0.1, -0.05) is 35.2 Å². The normalized spacial score (nSPS) is 16.8. The van der Waals surface area contributed by atoms with Gasteiger partial charge in [0.15, 0.2) is 0 Å². The molecule has 0 unspecified atom stereocenters. The predicted molar refractivity (Wildman–Crippen MR) is 155 cm³/mol. The molecule has 208 valence electrons.